The Morgan fingerprint density at radius 2 is 1.89 bits per heavy atom. The first-order chi connectivity index (χ1) is 8.81. The Hall–Kier alpha value is -0.510. The van der Waals surface area contributed by atoms with Gasteiger partial charge >= 0.3 is 0 Å². The first-order valence-corrected chi connectivity index (χ1v) is 7.90. The van der Waals surface area contributed by atoms with Crippen LogP contribution in [0.4, 0.5) is 0 Å². The molecule has 0 N–H and O–H groups in total. The predicted molar refractivity (Wildman–Crippen MR) is 81.4 cm³/mol. The summed E-state index contributed by atoms with van der Waals surface area (Å²) in [5, 5.41) is 4.59. The average molecular weight is 263 g/mol. The minimum absolute atomic E-state index is 0.334. The van der Waals surface area contributed by atoms with Gasteiger partial charge in [0.15, 0.2) is 0 Å². The Bertz CT molecular complexity index is 336. The Kier molecular flexibility index (Phi) is 5.54. The zero-order valence-corrected chi connectivity index (χ0v) is 12.2. The quantitative estimate of drug-likeness (QED) is 0.810. The summed E-state index contributed by atoms with van der Waals surface area (Å²) in [6.45, 7) is 5.96. The molecular weight excluding hydrogens is 240 g/mol. The lowest BCUT2D eigenvalue weighted by Crippen LogP contribution is -2.37. The third-order valence-electron chi connectivity index (χ3n) is 3.61. The van der Waals surface area contributed by atoms with E-state index >= 15 is 0 Å². The summed E-state index contributed by atoms with van der Waals surface area (Å²) in [5.41, 5.74) is 1.35. The van der Waals surface area contributed by atoms with Gasteiger partial charge in [0.1, 0.15) is 0 Å². The molecule has 2 nitrogen and oxygen atoms in total. The summed E-state index contributed by atoms with van der Waals surface area (Å²) in [6, 6.07) is 11.0. The van der Waals surface area contributed by atoms with E-state index in [1.165, 1.54) is 30.2 Å². The van der Waals surface area contributed by atoms with E-state index in [1.54, 1.807) is 0 Å². The fourth-order valence-electron chi connectivity index (χ4n) is 2.67. The summed E-state index contributed by atoms with van der Waals surface area (Å²) in [7, 11) is 1.94. The topological polar surface area (TPSA) is 17.3 Å². The van der Waals surface area contributed by atoms with Crippen molar-refractivity contribution in [2.45, 2.75) is 13.0 Å². The van der Waals surface area contributed by atoms with Crippen molar-refractivity contribution >= 4 is 11.8 Å². The summed E-state index contributed by atoms with van der Waals surface area (Å²) >= 11 is 2.07. The van der Waals surface area contributed by atoms with E-state index in [4.69, 9.17) is 0 Å². The number of nitrogens with zero attached hydrogens (tertiary/aromatic N) is 2. The molecule has 0 saturated carbocycles. The Morgan fingerprint density at radius 1 is 1.22 bits per heavy atom. The highest BCUT2D eigenvalue weighted by molar-refractivity contribution is 7.99. The monoisotopic (exact) mass is 263 g/mol. The standard InChI is InChI=1S/C15H23N2S/c1-13(12-17-8-10-18-11-9-17)15(16-2)14-6-4-3-5-7-14/h3-7,13,15H,8-12H2,1-2H3/q-1/t13-,15+/m0/s1. The van der Waals surface area contributed by atoms with Gasteiger partial charge in [0.25, 0.3) is 0 Å². The van der Waals surface area contributed by atoms with Crippen molar-refractivity contribution in [2.24, 2.45) is 5.92 Å². The minimum atomic E-state index is 0.334. The molecule has 2 rings (SSSR count). The molecule has 0 radical (unpaired) electrons. The number of benzene rings is 1. The SMILES string of the molecule is C[N-][C@@H](c1ccccc1)[C@@H](C)CN1CCSCC1. The Morgan fingerprint density at radius 3 is 2.50 bits per heavy atom. The largest absolute Gasteiger partial charge is 0.658 e. The van der Waals surface area contributed by atoms with E-state index in [-0.39, 0.29) is 0 Å². The van der Waals surface area contributed by atoms with Gasteiger partial charge in [-0.15, -0.1) is 6.04 Å². The second-order valence-corrected chi connectivity index (χ2v) is 6.23. The molecule has 100 valence electrons. The van der Waals surface area contributed by atoms with E-state index in [0.29, 0.717) is 12.0 Å². The smallest absolute Gasteiger partial charge is 0.00728 e. The van der Waals surface area contributed by atoms with Crippen molar-refractivity contribution in [1.82, 2.24) is 4.90 Å². The number of rotatable bonds is 5. The van der Waals surface area contributed by atoms with Crippen molar-refractivity contribution in [3.05, 3.63) is 41.2 Å². The lowest BCUT2D eigenvalue weighted by atomic mass is 9.94. The van der Waals surface area contributed by atoms with Gasteiger partial charge in [-0.2, -0.15) is 18.8 Å². The van der Waals surface area contributed by atoms with E-state index in [2.05, 4.69) is 59.2 Å². The lowest BCUT2D eigenvalue weighted by Gasteiger charge is -2.38. The first kappa shape index (κ1) is 13.9. The molecule has 18 heavy (non-hydrogen) atoms. The van der Waals surface area contributed by atoms with Crippen molar-refractivity contribution in [2.75, 3.05) is 38.2 Å². The molecule has 0 bridgehead atoms. The van der Waals surface area contributed by atoms with Crippen LogP contribution in [0, 0.1) is 5.92 Å². The van der Waals surface area contributed by atoms with Crippen molar-refractivity contribution in [1.29, 1.82) is 0 Å². The molecule has 1 aliphatic rings. The molecule has 3 heteroatoms. The maximum absolute atomic E-state index is 4.59. The van der Waals surface area contributed by atoms with Gasteiger partial charge in [0.2, 0.25) is 0 Å². The summed E-state index contributed by atoms with van der Waals surface area (Å²) in [6.07, 6.45) is 0. The maximum Gasteiger partial charge on any atom is 0.00728 e. The molecule has 0 spiro atoms. The molecular formula is C15H23N2S-. The molecule has 2 atom stereocenters. The molecule has 0 aromatic heterocycles. The first-order valence-electron chi connectivity index (χ1n) is 6.75. The summed E-state index contributed by atoms with van der Waals surface area (Å²) in [5.74, 6) is 3.15. The van der Waals surface area contributed by atoms with Gasteiger partial charge < -0.3 is 10.2 Å². The van der Waals surface area contributed by atoms with Crippen LogP contribution in [0.3, 0.4) is 0 Å². The third-order valence-corrected chi connectivity index (χ3v) is 4.55. The van der Waals surface area contributed by atoms with E-state index in [9.17, 15) is 0 Å². The van der Waals surface area contributed by atoms with Crippen LogP contribution in [0.1, 0.15) is 18.5 Å². The van der Waals surface area contributed by atoms with Crippen molar-refractivity contribution in [3.8, 4) is 0 Å². The van der Waals surface area contributed by atoms with Crippen LogP contribution in [0.2, 0.25) is 0 Å². The van der Waals surface area contributed by atoms with E-state index in [1.807, 2.05) is 7.05 Å². The zero-order chi connectivity index (χ0) is 12.8. The highest BCUT2D eigenvalue weighted by Crippen LogP contribution is 2.29. The molecule has 1 aliphatic heterocycles. The fourth-order valence-corrected chi connectivity index (χ4v) is 3.65. The highest BCUT2D eigenvalue weighted by Gasteiger charge is 2.16. The second-order valence-electron chi connectivity index (χ2n) is 5.00. The maximum atomic E-state index is 4.59. The van der Waals surface area contributed by atoms with Gasteiger partial charge in [0, 0.05) is 24.6 Å². The lowest BCUT2D eigenvalue weighted by molar-refractivity contribution is 0.248. The van der Waals surface area contributed by atoms with Crippen LogP contribution in [0.25, 0.3) is 5.32 Å². The summed E-state index contributed by atoms with van der Waals surface area (Å²) < 4.78 is 0. The normalized spacial score (nSPS) is 20.6. The van der Waals surface area contributed by atoms with Crippen molar-refractivity contribution in [3.63, 3.8) is 0 Å². The van der Waals surface area contributed by atoms with Gasteiger partial charge in [-0.1, -0.05) is 42.8 Å². The van der Waals surface area contributed by atoms with Gasteiger partial charge in [-0.25, -0.2) is 0 Å². The van der Waals surface area contributed by atoms with Crippen LogP contribution in [-0.2, 0) is 0 Å². The second kappa shape index (κ2) is 7.17. The van der Waals surface area contributed by atoms with E-state index < -0.39 is 0 Å². The van der Waals surface area contributed by atoms with Crippen LogP contribution in [0.5, 0.6) is 0 Å². The molecule has 1 fully saturated rings. The van der Waals surface area contributed by atoms with Gasteiger partial charge in [-0.05, 0) is 12.5 Å². The van der Waals surface area contributed by atoms with Crippen LogP contribution < -0.4 is 0 Å². The molecule has 1 saturated heterocycles. The third kappa shape index (κ3) is 3.74. The Balaban J connectivity index is 1.94. The van der Waals surface area contributed by atoms with Crippen molar-refractivity contribution < 1.29 is 0 Å². The molecule has 1 aromatic carbocycles. The molecule has 0 aliphatic carbocycles. The van der Waals surface area contributed by atoms with Crippen LogP contribution >= 0.6 is 11.8 Å². The number of hydrogen-bond acceptors (Lipinski definition) is 2. The van der Waals surface area contributed by atoms with Crippen LogP contribution in [0.15, 0.2) is 30.3 Å². The average Bonchev–Trinajstić information content (AvgIpc) is 2.42. The predicted octanol–water partition coefficient (Wildman–Crippen LogP) is 3.42. The Labute approximate surface area is 115 Å². The fraction of sp³-hybridized carbons (Fsp3) is 0.600. The summed E-state index contributed by atoms with van der Waals surface area (Å²) in [4.78, 5) is 2.59. The molecule has 1 heterocycles. The van der Waals surface area contributed by atoms with Gasteiger partial charge in [-0.3, -0.25) is 0 Å². The molecule has 0 unspecified atom stereocenters. The van der Waals surface area contributed by atoms with Gasteiger partial charge in [0.05, 0.1) is 0 Å². The highest BCUT2D eigenvalue weighted by atomic mass is 32.2. The minimum Gasteiger partial charge on any atom is -0.658 e. The number of thioether (sulfide) groups is 1. The number of hydrogen-bond donors (Lipinski definition) is 0. The van der Waals surface area contributed by atoms with Crippen LogP contribution in [-0.4, -0.2) is 43.1 Å². The zero-order valence-electron chi connectivity index (χ0n) is 11.4. The van der Waals surface area contributed by atoms with E-state index in [0.717, 1.165) is 6.54 Å². The molecule has 0 amide bonds. The molecule has 1 aromatic rings.